The topological polar surface area (TPSA) is 66.4 Å². The Morgan fingerprint density at radius 2 is 2.06 bits per heavy atom. The lowest BCUT2D eigenvalue weighted by molar-refractivity contribution is 0.454. The molecule has 1 unspecified atom stereocenters. The standard InChI is InChI=1S/C12H19NO3S/c1-9-4-5-11(12(14)8-9)10(2)13-6-7-17(3,15)16/h4-5,8,10,13-14H,6-7H2,1-3H3. The average molecular weight is 257 g/mol. The summed E-state index contributed by atoms with van der Waals surface area (Å²) in [5.41, 5.74) is 1.78. The van der Waals surface area contributed by atoms with Crippen molar-refractivity contribution in [1.29, 1.82) is 0 Å². The van der Waals surface area contributed by atoms with Crippen LogP contribution in [0.1, 0.15) is 24.1 Å². The van der Waals surface area contributed by atoms with E-state index in [1.54, 1.807) is 6.07 Å². The van der Waals surface area contributed by atoms with Crippen molar-refractivity contribution in [3.63, 3.8) is 0 Å². The maximum Gasteiger partial charge on any atom is 0.148 e. The molecule has 0 radical (unpaired) electrons. The van der Waals surface area contributed by atoms with Crippen molar-refractivity contribution in [2.75, 3.05) is 18.6 Å². The molecule has 17 heavy (non-hydrogen) atoms. The van der Waals surface area contributed by atoms with Crippen LogP contribution in [0.4, 0.5) is 0 Å². The summed E-state index contributed by atoms with van der Waals surface area (Å²) in [6, 6.07) is 5.40. The highest BCUT2D eigenvalue weighted by Crippen LogP contribution is 2.24. The lowest BCUT2D eigenvalue weighted by Crippen LogP contribution is -2.25. The second-order valence-electron chi connectivity index (χ2n) is 4.37. The van der Waals surface area contributed by atoms with E-state index in [1.807, 2.05) is 26.0 Å². The van der Waals surface area contributed by atoms with Crippen molar-refractivity contribution in [2.24, 2.45) is 0 Å². The molecular formula is C12H19NO3S. The molecule has 96 valence electrons. The van der Waals surface area contributed by atoms with E-state index in [2.05, 4.69) is 5.32 Å². The van der Waals surface area contributed by atoms with Crippen LogP contribution in [-0.2, 0) is 9.84 Å². The zero-order valence-electron chi connectivity index (χ0n) is 10.4. The fourth-order valence-electron chi connectivity index (χ4n) is 1.59. The number of hydrogen-bond acceptors (Lipinski definition) is 4. The van der Waals surface area contributed by atoms with Crippen LogP contribution in [0.5, 0.6) is 5.75 Å². The number of nitrogens with one attached hydrogen (secondary N) is 1. The van der Waals surface area contributed by atoms with Gasteiger partial charge in [0.2, 0.25) is 0 Å². The highest BCUT2D eigenvalue weighted by atomic mass is 32.2. The van der Waals surface area contributed by atoms with E-state index in [0.29, 0.717) is 6.54 Å². The first kappa shape index (κ1) is 14.0. The van der Waals surface area contributed by atoms with Crippen LogP contribution < -0.4 is 5.32 Å². The Hall–Kier alpha value is -1.07. The first-order chi connectivity index (χ1) is 7.79. The Balaban J connectivity index is 2.61. The van der Waals surface area contributed by atoms with Gasteiger partial charge in [-0.3, -0.25) is 0 Å². The second kappa shape index (κ2) is 5.51. The fraction of sp³-hybridized carbons (Fsp3) is 0.500. The molecule has 0 saturated heterocycles. The monoisotopic (exact) mass is 257 g/mol. The van der Waals surface area contributed by atoms with Gasteiger partial charge in [-0.1, -0.05) is 12.1 Å². The molecule has 0 heterocycles. The van der Waals surface area contributed by atoms with Crippen LogP contribution in [0.2, 0.25) is 0 Å². The minimum Gasteiger partial charge on any atom is -0.508 e. The van der Waals surface area contributed by atoms with Gasteiger partial charge in [0.05, 0.1) is 5.75 Å². The van der Waals surface area contributed by atoms with E-state index < -0.39 is 9.84 Å². The Morgan fingerprint density at radius 1 is 1.41 bits per heavy atom. The number of phenolic OH excluding ortho intramolecular Hbond substituents is 1. The molecule has 1 atom stereocenters. The molecule has 1 aromatic carbocycles. The molecule has 4 nitrogen and oxygen atoms in total. The van der Waals surface area contributed by atoms with E-state index in [9.17, 15) is 13.5 Å². The minimum absolute atomic E-state index is 0.0719. The number of hydrogen-bond donors (Lipinski definition) is 2. The molecule has 0 aliphatic heterocycles. The van der Waals surface area contributed by atoms with Crippen LogP contribution in [-0.4, -0.2) is 32.1 Å². The summed E-state index contributed by atoms with van der Waals surface area (Å²) in [6.07, 6.45) is 1.21. The molecule has 0 amide bonds. The molecule has 0 aliphatic carbocycles. The summed E-state index contributed by atoms with van der Waals surface area (Å²) in [6.45, 7) is 4.19. The van der Waals surface area contributed by atoms with Gasteiger partial charge in [-0.05, 0) is 25.5 Å². The molecule has 5 heteroatoms. The second-order valence-corrected chi connectivity index (χ2v) is 6.63. The van der Waals surface area contributed by atoms with Gasteiger partial charge in [0.25, 0.3) is 0 Å². The van der Waals surface area contributed by atoms with Gasteiger partial charge in [0, 0.05) is 24.4 Å². The quantitative estimate of drug-likeness (QED) is 0.836. The smallest absolute Gasteiger partial charge is 0.148 e. The minimum atomic E-state index is -2.94. The Labute approximate surface area is 103 Å². The van der Waals surface area contributed by atoms with E-state index in [0.717, 1.165) is 11.1 Å². The highest BCUT2D eigenvalue weighted by Gasteiger charge is 2.10. The van der Waals surface area contributed by atoms with E-state index >= 15 is 0 Å². The molecule has 1 rings (SSSR count). The first-order valence-corrected chi connectivity index (χ1v) is 7.56. The van der Waals surface area contributed by atoms with Crippen LogP contribution in [0.15, 0.2) is 18.2 Å². The third kappa shape index (κ3) is 4.75. The third-order valence-corrected chi connectivity index (χ3v) is 3.52. The molecule has 0 aromatic heterocycles. The van der Waals surface area contributed by atoms with E-state index in [4.69, 9.17) is 0 Å². The van der Waals surface area contributed by atoms with Crippen molar-refractivity contribution in [1.82, 2.24) is 5.32 Å². The lowest BCUT2D eigenvalue weighted by atomic mass is 10.1. The summed E-state index contributed by atoms with van der Waals surface area (Å²) >= 11 is 0. The molecule has 1 aromatic rings. The van der Waals surface area contributed by atoms with E-state index in [1.165, 1.54) is 6.26 Å². The van der Waals surface area contributed by atoms with Gasteiger partial charge in [-0.15, -0.1) is 0 Å². The highest BCUT2D eigenvalue weighted by molar-refractivity contribution is 7.90. The number of aryl methyl sites for hydroxylation is 1. The number of aromatic hydroxyl groups is 1. The largest absolute Gasteiger partial charge is 0.508 e. The molecular weight excluding hydrogens is 238 g/mol. The molecule has 0 spiro atoms. The van der Waals surface area contributed by atoms with E-state index in [-0.39, 0.29) is 17.5 Å². The Bertz CT molecular complexity index is 483. The lowest BCUT2D eigenvalue weighted by Gasteiger charge is -2.15. The van der Waals surface area contributed by atoms with Crippen LogP contribution in [0.3, 0.4) is 0 Å². The van der Waals surface area contributed by atoms with Gasteiger partial charge in [0.1, 0.15) is 15.6 Å². The van der Waals surface area contributed by atoms with Crippen LogP contribution in [0.25, 0.3) is 0 Å². The zero-order valence-corrected chi connectivity index (χ0v) is 11.2. The molecule has 0 saturated carbocycles. The van der Waals surface area contributed by atoms with Crippen molar-refractivity contribution in [3.05, 3.63) is 29.3 Å². The number of benzene rings is 1. The maximum atomic E-state index is 11.0. The number of phenols is 1. The normalized spacial score (nSPS) is 13.6. The molecule has 2 N–H and O–H groups in total. The molecule has 0 aliphatic rings. The van der Waals surface area contributed by atoms with Gasteiger partial charge >= 0.3 is 0 Å². The van der Waals surface area contributed by atoms with Crippen LogP contribution in [0, 0.1) is 6.92 Å². The first-order valence-electron chi connectivity index (χ1n) is 5.50. The number of sulfone groups is 1. The summed E-state index contributed by atoms with van der Waals surface area (Å²) in [5.74, 6) is 0.341. The van der Waals surface area contributed by atoms with Crippen molar-refractivity contribution < 1.29 is 13.5 Å². The Kier molecular flexibility index (Phi) is 4.54. The average Bonchev–Trinajstić information content (AvgIpc) is 2.15. The van der Waals surface area contributed by atoms with Crippen molar-refractivity contribution in [3.8, 4) is 5.75 Å². The summed E-state index contributed by atoms with van der Waals surface area (Å²) < 4.78 is 21.9. The summed E-state index contributed by atoms with van der Waals surface area (Å²) in [4.78, 5) is 0. The predicted octanol–water partition coefficient (Wildman–Crippen LogP) is 1.40. The van der Waals surface area contributed by atoms with Gasteiger partial charge < -0.3 is 10.4 Å². The maximum absolute atomic E-state index is 11.0. The summed E-state index contributed by atoms with van der Waals surface area (Å²) in [7, 11) is -2.94. The molecule has 0 bridgehead atoms. The number of rotatable bonds is 5. The van der Waals surface area contributed by atoms with Crippen molar-refractivity contribution in [2.45, 2.75) is 19.9 Å². The predicted molar refractivity (Wildman–Crippen MR) is 69.0 cm³/mol. The van der Waals surface area contributed by atoms with Gasteiger partial charge in [-0.2, -0.15) is 0 Å². The third-order valence-electron chi connectivity index (χ3n) is 2.58. The van der Waals surface area contributed by atoms with Crippen LogP contribution >= 0.6 is 0 Å². The zero-order chi connectivity index (χ0) is 13.1. The van der Waals surface area contributed by atoms with Gasteiger partial charge in [0.15, 0.2) is 0 Å². The van der Waals surface area contributed by atoms with Gasteiger partial charge in [-0.25, -0.2) is 8.42 Å². The summed E-state index contributed by atoms with van der Waals surface area (Å²) in [5, 5.41) is 12.8. The SMILES string of the molecule is Cc1ccc(C(C)NCCS(C)(=O)=O)c(O)c1. The molecule has 0 fully saturated rings. The van der Waals surface area contributed by atoms with Crippen molar-refractivity contribution >= 4 is 9.84 Å². The Morgan fingerprint density at radius 3 is 2.59 bits per heavy atom. The fourth-order valence-corrected chi connectivity index (χ4v) is 2.08.